The molecule has 34 heavy (non-hydrogen) atoms. The molecule has 0 bridgehead atoms. The van der Waals surface area contributed by atoms with E-state index in [1.165, 1.54) is 12.1 Å². The third-order valence-electron chi connectivity index (χ3n) is 6.07. The van der Waals surface area contributed by atoms with E-state index in [0.29, 0.717) is 22.8 Å². The van der Waals surface area contributed by atoms with E-state index in [1.807, 2.05) is 32.0 Å². The van der Waals surface area contributed by atoms with Crippen LogP contribution < -0.4 is 4.74 Å². The van der Waals surface area contributed by atoms with Crippen molar-refractivity contribution in [3.63, 3.8) is 0 Å². The van der Waals surface area contributed by atoms with Gasteiger partial charge in [0, 0.05) is 12.5 Å². The minimum Gasteiger partial charge on any atom is -0.487 e. The van der Waals surface area contributed by atoms with Gasteiger partial charge in [0.25, 0.3) is 0 Å². The molecule has 0 saturated carbocycles. The monoisotopic (exact) mass is 485 g/mol. The summed E-state index contributed by atoms with van der Waals surface area (Å²) in [5.41, 5.74) is 3.26. The largest absolute Gasteiger partial charge is 0.487 e. The Balaban J connectivity index is 1.70. The summed E-state index contributed by atoms with van der Waals surface area (Å²) in [5, 5.41) is 9.51. The first kappa shape index (κ1) is 24.2. The second-order valence-corrected chi connectivity index (χ2v) is 10.6. The number of benzene rings is 3. The van der Waals surface area contributed by atoms with E-state index in [4.69, 9.17) is 4.74 Å². The second-order valence-electron chi connectivity index (χ2n) is 8.60. The van der Waals surface area contributed by atoms with Crippen LogP contribution in [0.1, 0.15) is 41.5 Å². The molecule has 3 aromatic carbocycles. The lowest BCUT2D eigenvalue weighted by Gasteiger charge is -2.42. The van der Waals surface area contributed by atoms with Crippen LogP contribution in [-0.2, 0) is 11.3 Å². The van der Waals surface area contributed by atoms with Gasteiger partial charge in [-0.15, -0.1) is 10.8 Å². The average Bonchev–Trinajstić information content (AvgIpc) is 2.88. The lowest BCUT2D eigenvalue weighted by molar-refractivity contribution is -0.137. The van der Waals surface area contributed by atoms with Gasteiger partial charge < -0.3 is 9.84 Å². The Bertz CT molecular complexity index is 1180. The van der Waals surface area contributed by atoms with Crippen LogP contribution in [0, 0.1) is 12.7 Å². The van der Waals surface area contributed by atoms with Crippen LogP contribution in [0.4, 0.5) is 4.39 Å². The number of fused-ring (bicyclic) bond motifs is 1. The Labute approximate surface area is 200 Å². The van der Waals surface area contributed by atoms with Crippen LogP contribution in [0.25, 0.3) is 0 Å². The molecule has 3 aromatic rings. The highest BCUT2D eigenvalue weighted by Gasteiger charge is 2.34. The van der Waals surface area contributed by atoms with E-state index in [1.54, 1.807) is 40.7 Å². The number of carboxylic acid groups (broad SMARTS) is 1. The van der Waals surface area contributed by atoms with E-state index < -0.39 is 22.7 Å². The number of carboxylic acids is 1. The fourth-order valence-electron chi connectivity index (χ4n) is 4.28. The van der Waals surface area contributed by atoms with E-state index in [2.05, 4.69) is 0 Å². The number of nitrogens with zero attached hydrogens (tertiary/aromatic N) is 1. The van der Waals surface area contributed by atoms with E-state index in [-0.39, 0.29) is 24.9 Å². The summed E-state index contributed by atoms with van der Waals surface area (Å²) >= 11 is 0. The van der Waals surface area contributed by atoms with Gasteiger partial charge in [-0.25, -0.2) is 4.39 Å². The van der Waals surface area contributed by atoms with Crippen LogP contribution in [0.3, 0.4) is 0 Å². The van der Waals surface area contributed by atoms with E-state index in [9.17, 15) is 23.4 Å². The maximum atomic E-state index is 13.5. The first-order valence-electron chi connectivity index (χ1n) is 11.0. The highest BCUT2D eigenvalue weighted by molar-refractivity contribution is 8.22. The molecule has 1 aliphatic heterocycles. The lowest BCUT2D eigenvalue weighted by Crippen LogP contribution is -2.33. The molecule has 8 heteroatoms. The first-order chi connectivity index (χ1) is 16.1. The number of aliphatic carboxylic acids is 1. The van der Waals surface area contributed by atoms with Gasteiger partial charge >= 0.3 is 5.97 Å². The molecule has 0 saturated heterocycles. The fraction of sp³-hybridized carbons (Fsp3) is 0.269. The highest BCUT2D eigenvalue weighted by atomic mass is 32.3. The van der Waals surface area contributed by atoms with Gasteiger partial charge in [0.15, 0.2) is 0 Å². The quantitative estimate of drug-likeness (QED) is 0.394. The number of para-hydroxylation sites is 1. The predicted molar refractivity (Wildman–Crippen MR) is 130 cm³/mol. The molecular weight excluding hydrogens is 457 g/mol. The summed E-state index contributed by atoms with van der Waals surface area (Å²) in [5.74, 6) is -1.35. The minimum atomic E-state index is -3.30. The average molecular weight is 486 g/mol. The molecule has 0 radical (unpaired) electrons. The molecule has 0 amide bonds. The molecule has 6 nitrogen and oxygen atoms in total. The van der Waals surface area contributed by atoms with Crippen molar-refractivity contribution in [3.05, 3.63) is 94.8 Å². The van der Waals surface area contributed by atoms with Crippen LogP contribution in [0.2, 0.25) is 0 Å². The summed E-state index contributed by atoms with van der Waals surface area (Å²) < 4.78 is 43.4. The van der Waals surface area contributed by atoms with Crippen molar-refractivity contribution in [2.45, 2.75) is 43.7 Å². The SMILES string of the molecule is Cc1ccc(C(CC(=O)O)c2ccc(F)cc2)cc1CN1C[C@@H](C)Oc2ccccc2S1(O)O. The number of aryl methyl sites for hydroxylation is 1. The zero-order chi connectivity index (χ0) is 24.5. The molecule has 0 aliphatic carbocycles. The molecular formula is C26H28FNO5S. The smallest absolute Gasteiger partial charge is 0.304 e. The molecule has 1 unspecified atom stereocenters. The normalized spacial score (nSPS) is 19.4. The molecule has 4 rings (SSSR count). The van der Waals surface area contributed by atoms with Gasteiger partial charge in [0.1, 0.15) is 22.6 Å². The Morgan fingerprint density at radius 3 is 2.50 bits per heavy atom. The summed E-state index contributed by atoms with van der Waals surface area (Å²) in [6, 6.07) is 18.5. The molecule has 0 spiro atoms. The topological polar surface area (TPSA) is 90.2 Å². The van der Waals surface area contributed by atoms with Crippen molar-refractivity contribution in [3.8, 4) is 5.75 Å². The molecule has 3 N–H and O–H groups in total. The zero-order valence-electron chi connectivity index (χ0n) is 19.0. The Morgan fingerprint density at radius 2 is 1.79 bits per heavy atom. The summed E-state index contributed by atoms with van der Waals surface area (Å²) in [6.45, 7) is 4.36. The van der Waals surface area contributed by atoms with Crippen molar-refractivity contribution in [1.82, 2.24) is 4.31 Å². The third-order valence-corrected chi connectivity index (χ3v) is 7.99. The van der Waals surface area contributed by atoms with Crippen molar-refractivity contribution >= 4 is 16.7 Å². The summed E-state index contributed by atoms with van der Waals surface area (Å²) in [7, 11) is -3.30. The fourth-order valence-corrected chi connectivity index (χ4v) is 5.94. The molecule has 180 valence electrons. The van der Waals surface area contributed by atoms with Gasteiger partial charge in [0.2, 0.25) is 0 Å². The van der Waals surface area contributed by atoms with E-state index in [0.717, 1.165) is 16.7 Å². The van der Waals surface area contributed by atoms with Crippen LogP contribution in [0.15, 0.2) is 71.6 Å². The van der Waals surface area contributed by atoms with Gasteiger partial charge in [-0.05, 0) is 60.4 Å². The standard InChI is InChI=1S/C26H28FNO5S/c1-17-7-8-20(23(14-26(29)30)19-9-11-22(27)12-10-19)13-21(17)16-28-15-18(2)33-24-5-3-4-6-25(24)34(28,31)32/h3-13,18,23,31-32H,14-16H2,1-2H3,(H,29,30)/t18-,23?/m1/s1. The second kappa shape index (κ2) is 9.76. The predicted octanol–water partition coefficient (Wildman–Crippen LogP) is 6.05. The van der Waals surface area contributed by atoms with Crippen molar-refractivity contribution in [1.29, 1.82) is 0 Å². The van der Waals surface area contributed by atoms with E-state index >= 15 is 0 Å². The zero-order valence-corrected chi connectivity index (χ0v) is 19.8. The van der Waals surface area contributed by atoms with Crippen LogP contribution in [-0.4, -0.2) is 37.1 Å². The molecule has 0 fully saturated rings. The third kappa shape index (κ3) is 5.10. The summed E-state index contributed by atoms with van der Waals surface area (Å²) in [6.07, 6.45) is -0.414. The molecule has 0 aromatic heterocycles. The van der Waals surface area contributed by atoms with Crippen LogP contribution >= 0.6 is 10.8 Å². The number of carbonyl (C=O) groups is 1. The molecule has 1 aliphatic rings. The number of ether oxygens (including phenoxy) is 1. The number of halogens is 1. The number of hydrogen-bond donors (Lipinski definition) is 3. The Morgan fingerprint density at radius 1 is 1.12 bits per heavy atom. The van der Waals surface area contributed by atoms with Gasteiger partial charge in [0.05, 0.1) is 13.0 Å². The van der Waals surface area contributed by atoms with Crippen molar-refractivity contribution < 1.29 is 28.1 Å². The van der Waals surface area contributed by atoms with Crippen molar-refractivity contribution in [2.75, 3.05) is 6.54 Å². The number of hydrogen-bond acceptors (Lipinski definition) is 5. The minimum absolute atomic E-state index is 0.148. The Hall–Kier alpha value is -2.91. The van der Waals surface area contributed by atoms with Gasteiger partial charge in [-0.3, -0.25) is 13.9 Å². The maximum absolute atomic E-state index is 13.5. The van der Waals surface area contributed by atoms with Gasteiger partial charge in [-0.2, -0.15) is 4.31 Å². The van der Waals surface area contributed by atoms with Gasteiger partial charge in [-0.1, -0.05) is 42.5 Å². The van der Waals surface area contributed by atoms with Crippen LogP contribution in [0.5, 0.6) is 5.75 Å². The number of rotatable bonds is 6. The summed E-state index contributed by atoms with van der Waals surface area (Å²) in [4.78, 5) is 12.0. The highest BCUT2D eigenvalue weighted by Crippen LogP contribution is 2.57. The molecule has 2 atom stereocenters. The molecule has 1 heterocycles. The first-order valence-corrected chi connectivity index (χ1v) is 12.5. The lowest BCUT2D eigenvalue weighted by atomic mass is 9.87. The Kier molecular flexibility index (Phi) is 6.95. The van der Waals surface area contributed by atoms with Crippen molar-refractivity contribution in [2.24, 2.45) is 0 Å². The maximum Gasteiger partial charge on any atom is 0.304 e.